The number of nitrogens with one attached hydrogen (secondary N) is 1. The van der Waals surface area contributed by atoms with E-state index in [4.69, 9.17) is 4.74 Å². The van der Waals surface area contributed by atoms with Crippen molar-refractivity contribution in [3.8, 4) is 5.75 Å². The number of anilines is 1. The van der Waals surface area contributed by atoms with Gasteiger partial charge >= 0.3 is 0 Å². The molecule has 4 aromatic rings. The summed E-state index contributed by atoms with van der Waals surface area (Å²) in [7, 11) is 0. The van der Waals surface area contributed by atoms with E-state index in [9.17, 15) is 0 Å². The van der Waals surface area contributed by atoms with E-state index in [1.54, 1.807) is 6.33 Å². The van der Waals surface area contributed by atoms with E-state index in [2.05, 4.69) is 79.8 Å². The quantitative estimate of drug-likeness (QED) is 0.251. The van der Waals surface area contributed by atoms with E-state index in [0.717, 1.165) is 68.0 Å². The minimum Gasteiger partial charge on any atom is -0.493 e. The molecule has 5 rings (SSSR count). The molecule has 1 aliphatic heterocycles. The maximum atomic E-state index is 6.21. The van der Waals surface area contributed by atoms with Gasteiger partial charge in [-0.1, -0.05) is 30.3 Å². The molecule has 1 N–H and O–H groups in total. The minimum absolute atomic E-state index is 0.611. The van der Waals surface area contributed by atoms with Crippen molar-refractivity contribution in [1.29, 1.82) is 0 Å². The molecule has 2 aromatic heterocycles. The number of piperidine rings is 1. The van der Waals surface area contributed by atoms with Crippen LogP contribution in [-0.2, 0) is 12.8 Å². The summed E-state index contributed by atoms with van der Waals surface area (Å²) in [6, 6.07) is 21.0. The number of benzene rings is 2. The first kappa shape index (κ1) is 25.2. The number of hydrogen-bond donors (Lipinski definition) is 1. The Morgan fingerprint density at radius 2 is 1.65 bits per heavy atom. The van der Waals surface area contributed by atoms with Gasteiger partial charge in [-0.3, -0.25) is 4.98 Å². The molecular weight excluding hydrogens is 458 g/mol. The summed E-state index contributed by atoms with van der Waals surface area (Å²) in [5, 5.41) is 4.53. The van der Waals surface area contributed by atoms with Crippen LogP contribution in [0.3, 0.4) is 0 Å². The van der Waals surface area contributed by atoms with E-state index in [-0.39, 0.29) is 0 Å². The van der Waals surface area contributed by atoms with Crippen molar-refractivity contribution in [3.05, 3.63) is 90.5 Å². The Balaban J connectivity index is 1.04. The molecule has 0 unspecified atom stereocenters. The highest BCUT2D eigenvalue weighted by molar-refractivity contribution is 5.89. The Bertz CT molecular complexity index is 1230. The molecule has 2 aromatic carbocycles. The molecule has 1 saturated heterocycles. The van der Waals surface area contributed by atoms with Gasteiger partial charge in [-0.15, -0.1) is 0 Å². The van der Waals surface area contributed by atoms with Crippen LogP contribution in [0.4, 0.5) is 5.82 Å². The van der Waals surface area contributed by atoms with Gasteiger partial charge in [0.15, 0.2) is 0 Å². The number of ether oxygens (including phenoxy) is 1. The summed E-state index contributed by atoms with van der Waals surface area (Å²) in [4.78, 5) is 15.7. The molecule has 6 heteroatoms. The molecule has 37 heavy (non-hydrogen) atoms. The van der Waals surface area contributed by atoms with Crippen LogP contribution in [0.5, 0.6) is 5.75 Å². The third-order valence-electron chi connectivity index (χ3n) is 7.27. The lowest BCUT2D eigenvalue weighted by Crippen LogP contribution is -2.36. The number of likely N-dealkylation sites (tertiary alicyclic amines) is 1. The van der Waals surface area contributed by atoms with Crippen LogP contribution in [0.25, 0.3) is 10.9 Å². The predicted octanol–water partition coefficient (Wildman–Crippen LogP) is 5.79. The summed E-state index contributed by atoms with van der Waals surface area (Å²) >= 11 is 0. The first-order valence-corrected chi connectivity index (χ1v) is 13.6. The molecule has 0 aliphatic carbocycles. The molecule has 192 valence electrons. The van der Waals surface area contributed by atoms with Crippen LogP contribution < -0.4 is 10.1 Å². The second-order valence-electron chi connectivity index (χ2n) is 9.97. The number of aryl methyl sites for hydroxylation is 2. The van der Waals surface area contributed by atoms with Crippen LogP contribution in [-0.4, -0.2) is 52.6 Å². The summed E-state index contributed by atoms with van der Waals surface area (Å²) in [5.41, 5.74) is 3.66. The van der Waals surface area contributed by atoms with Gasteiger partial charge in [-0.2, -0.15) is 0 Å². The maximum Gasteiger partial charge on any atom is 0.137 e. The number of fused-ring (bicyclic) bond motifs is 1. The predicted molar refractivity (Wildman–Crippen MR) is 150 cm³/mol. The number of pyridine rings is 1. The number of hydrogen-bond acceptors (Lipinski definition) is 6. The maximum absolute atomic E-state index is 6.21. The van der Waals surface area contributed by atoms with E-state index in [1.165, 1.54) is 36.9 Å². The lowest BCUT2D eigenvalue weighted by molar-refractivity contribution is 0.140. The molecule has 0 spiro atoms. The smallest absolute Gasteiger partial charge is 0.137 e. The standard InChI is InChI=1S/C31H37N5O/c1-2-6-25(7-3-1)8-4-16-33-31-29-11-10-28(22-30(29)34-24-35-31)37-23-27-14-20-36(21-15-27)19-5-9-26-12-17-32-18-13-26/h1-3,6-7,10-13,17-18,22,24,27H,4-5,8-9,14-16,19-21,23H2,(H,33,34,35). The Morgan fingerprint density at radius 3 is 2.49 bits per heavy atom. The molecule has 1 fully saturated rings. The minimum atomic E-state index is 0.611. The van der Waals surface area contributed by atoms with Crippen LogP contribution in [0, 0.1) is 5.92 Å². The zero-order valence-electron chi connectivity index (χ0n) is 21.6. The SMILES string of the molecule is c1ccc(CCCNc2ncnc3cc(OCC4CCN(CCCc5ccncc5)CC4)ccc23)cc1. The normalized spacial score (nSPS) is 14.6. The van der Waals surface area contributed by atoms with Gasteiger partial charge in [0.05, 0.1) is 12.1 Å². The van der Waals surface area contributed by atoms with Crippen LogP contribution >= 0.6 is 0 Å². The van der Waals surface area contributed by atoms with E-state index < -0.39 is 0 Å². The van der Waals surface area contributed by atoms with Gasteiger partial charge in [-0.05, 0) is 99.5 Å². The van der Waals surface area contributed by atoms with Crippen molar-refractivity contribution in [2.75, 3.05) is 38.1 Å². The fourth-order valence-electron chi connectivity index (χ4n) is 5.06. The lowest BCUT2D eigenvalue weighted by atomic mass is 9.97. The van der Waals surface area contributed by atoms with Gasteiger partial charge in [0.25, 0.3) is 0 Å². The highest BCUT2D eigenvalue weighted by Gasteiger charge is 2.19. The molecule has 0 bridgehead atoms. The van der Waals surface area contributed by atoms with E-state index in [1.807, 2.05) is 18.5 Å². The topological polar surface area (TPSA) is 63.2 Å². The zero-order chi connectivity index (χ0) is 25.1. The lowest BCUT2D eigenvalue weighted by Gasteiger charge is -2.31. The molecule has 3 heterocycles. The van der Waals surface area contributed by atoms with Crippen molar-refractivity contribution < 1.29 is 4.74 Å². The summed E-state index contributed by atoms with van der Waals surface area (Å²) in [5.74, 6) is 2.39. The van der Waals surface area contributed by atoms with Gasteiger partial charge in [0.1, 0.15) is 17.9 Å². The zero-order valence-corrected chi connectivity index (χ0v) is 21.6. The van der Waals surface area contributed by atoms with Crippen molar-refractivity contribution in [1.82, 2.24) is 19.9 Å². The highest BCUT2D eigenvalue weighted by atomic mass is 16.5. The summed E-state index contributed by atoms with van der Waals surface area (Å²) < 4.78 is 6.21. The molecule has 0 radical (unpaired) electrons. The third-order valence-corrected chi connectivity index (χ3v) is 7.27. The van der Waals surface area contributed by atoms with Gasteiger partial charge < -0.3 is 15.0 Å². The number of rotatable bonds is 12. The van der Waals surface area contributed by atoms with E-state index in [0.29, 0.717) is 5.92 Å². The third kappa shape index (κ3) is 7.49. The Morgan fingerprint density at radius 1 is 0.865 bits per heavy atom. The fourth-order valence-corrected chi connectivity index (χ4v) is 5.06. The summed E-state index contributed by atoms with van der Waals surface area (Å²) in [6.45, 7) is 5.14. The molecular formula is C31H37N5O. The first-order valence-electron chi connectivity index (χ1n) is 13.6. The largest absolute Gasteiger partial charge is 0.493 e. The van der Waals surface area contributed by atoms with Crippen LogP contribution in [0.15, 0.2) is 79.4 Å². The second-order valence-corrected chi connectivity index (χ2v) is 9.97. The monoisotopic (exact) mass is 495 g/mol. The van der Waals surface area contributed by atoms with Crippen LogP contribution in [0.2, 0.25) is 0 Å². The van der Waals surface area contributed by atoms with E-state index >= 15 is 0 Å². The molecule has 1 aliphatic rings. The van der Waals surface area contributed by atoms with Crippen molar-refractivity contribution in [2.24, 2.45) is 5.92 Å². The van der Waals surface area contributed by atoms with Crippen molar-refractivity contribution in [3.63, 3.8) is 0 Å². The average molecular weight is 496 g/mol. The molecule has 0 saturated carbocycles. The fraction of sp³-hybridized carbons (Fsp3) is 0.387. The molecule has 0 amide bonds. The van der Waals surface area contributed by atoms with Crippen molar-refractivity contribution in [2.45, 2.75) is 38.5 Å². The number of aromatic nitrogens is 3. The van der Waals surface area contributed by atoms with Gasteiger partial charge in [-0.25, -0.2) is 9.97 Å². The Hall–Kier alpha value is -3.51. The van der Waals surface area contributed by atoms with Crippen molar-refractivity contribution >= 4 is 16.7 Å². The average Bonchev–Trinajstić information content (AvgIpc) is 2.96. The van der Waals surface area contributed by atoms with Crippen LogP contribution in [0.1, 0.15) is 36.8 Å². The Kier molecular flexibility index (Phi) is 8.94. The van der Waals surface area contributed by atoms with Gasteiger partial charge in [0, 0.05) is 30.4 Å². The highest BCUT2D eigenvalue weighted by Crippen LogP contribution is 2.25. The first-order chi connectivity index (χ1) is 18.3. The summed E-state index contributed by atoms with van der Waals surface area (Å²) in [6.07, 6.45) is 12.2. The molecule has 6 nitrogen and oxygen atoms in total. The van der Waals surface area contributed by atoms with Gasteiger partial charge in [0.2, 0.25) is 0 Å². The second kappa shape index (κ2) is 13.2. The Labute approximate surface area is 220 Å². The molecule has 0 atom stereocenters. The number of nitrogens with zero attached hydrogens (tertiary/aromatic N) is 4.